The Balaban J connectivity index is 1.83. The Bertz CT molecular complexity index is 604. The summed E-state index contributed by atoms with van der Waals surface area (Å²) in [5, 5.41) is 3.06. The largest absolute Gasteiger partial charge is 0.469 e. The van der Waals surface area contributed by atoms with E-state index in [1.54, 1.807) is 12.1 Å². The number of carbonyl (C=O) groups excluding carboxylic acids is 1. The van der Waals surface area contributed by atoms with E-state index in [1.807, 2.05) is 5.38 Å². The lowest BCUT2D eigenvalue weighted by Crippen LogP contribution is -2.50. The highest BCUT2D eigenvalue weighted by Crippen LogP contribution is 2.36. The molecule has 1 aliphatic heterocycles. The monoisotopic (exact) mass is 265 g/mol. The molecule has 1 aliphatic rings. The SMILES string of the molecule is COC(=O)C1CN(c2csc3cc(F)ccc23)C1. The van der Waals surface area contributed by atoms with Crippen LogP contribution in [-0.2, 0) is 9.53 Å². The lowest BCUT2D eigenvalue weighted by atomic mass is 9.99. The molecule has 2 aromatic rings. The van der Waals surface area contributed by atoms with Crippen molar-refractivity contribution in [1.82, 2.24) is 0 Å². The number of carbonyl (C=O) groups is 1. The normalized spacial score (nSPS) is 15.8. The number of benzene rings is 1. The van der Waals surface area contributed by atoms with E-state index in [1.165, 1.54) is 24.5 Å². The Morgan fingerprint density at radius 2 is 2.28 bits per heavy atom. The fraction of sp³-hybridized carbons (Fsp3) is 0.308. The van der Waals surface area contributed by atoms with Gasteiger partial charge in [-0.15, -0.1) is 11.3 Å². The average molecular weight is 265 g/mol. The molecule has 0 spiro atoms. The van der Waals surface area contributed by atoms with Crippen molar-refractivity contribution in [1.29, 1.82) is 0 Å². The molecule has 3 rings (SSSR count). The van der Waals surface area contributed by atoms with Crippen LogP contribution in [0.5, 0.6) is 0 Å². The van der Waals surface area contributed by atoms with Crippen molar-refractivity contribution < 1.29 is 13.9 Å². The Hall–Kier alpha value is -1.62. The van der Waals surface area contributed by atoms with E-state index >= 15 is 0 Å². The smallest absolute Gasteiger partial charge is 0.312 e. The van der Waals surface area contributed by atoms with E-state index in [4.69, 9.17) is 4.74 Å². The first kappa shape index (κ1) is 11.5. The van der Waals surface area contributed by atoms with Gasteiger partial charge in [0.05, 0.1) is 18.7 Å². The zero-order valence-corrected chi connectivity index (χ0v) is 10.7. The first-order chi connectivity index (χ1) is 8.69. The van der Waals surface area contributed by atoms with E-state index in [9.17, 15) is 9.18 Å². The number of hydrogen-bond donors (Lipinski definition) is 0. The maximum atomic E-state index is 13.1. The maximum Gasteiger partial charge on any atom is 0.312 e. The summed E-state index contributed by atoms with van der Waals surface area (Å²) >= 11 is 1.52. The van der Waals surface area contributed by atoms with Gasteiger partial charge >= 0.3 is 5.97 Å². The summed E-state index contributed by atoms with van der Waals surface area (Å²) in [6.07, 6.45) is 0. The highest BCUT2D eigenvalue weighted by Gasteiger charge is 2.34. The number of methoxy groups -OCH3 is 1. The molecule has 1 aromatic heterocycles. The zero-order valence-electron chi connectivity index (χ0n) is 9.85. The number of rotatable bonds is 2. The molecule has 0 amide bonds. The molecule has 3 nitrogen and oxygen atoms in total. The number of halogens is 1. The number of nitrogens with zero attached hydrogens (tertiary/aromatic N) is 1. The van der Waals surface area contributed by atoms with Crippen LogP contribution in [0.15, 0.2) is 23.6 Å². The lowest BCUT2D eigenvalue weighted by Gasteiger charge is -2.38. The quantitative estimate of drug-likeness (QED) is 0.782. The third-order valence-electron chi connectivity index (χ3n) is 3.27. The Kier molecular flexibility index (Phi) is 2.70. The molecule has 2 heterocycles. The molecule has 1 aromatic carbocycles. The summed E-state index contributed by atoms with van der Waals surface area (Å²) in [7, 11) is 1.41. The van der Waals surface area contributed by atoms with Crippen LogP contribution in [0, 0.1) is 11.7 Å². The lowest BCUT2D eigenvalue weighted by molar-refractivity contribution is -0.146. The van der Waals surface area contributed by atoms with Gasteiger partial charge in [0.2, 0.25) is 0 Å². The van der Waals surface area contributed by atoms with Gasteiger partial charge in [-0.1, -0.05) is 0 Å². The fourth-order valence-electron chi connectivity index (χ4n) is 2.22. The standard InChI is InChI=1S/C13H12FNO2S/c1-17-13(16)8-5-15(6-8)11-7-18-12-4-9(14)2-3-10(11)12/h2-4,7-8H,5-6H2,1H3. The van der Waals surface area contributed by atoms with E-state index in [-0.39, 0.29) is 17.7 Å². The van der Waals surface area contributed by atoms with Crippen molar-refractivity contribution in [3.05, 3.63) is 29.4 Å². The molecule has 94 valence electrons. The number of ether oxygens (including phenoxy) is 1. The minimum absolute atomic E-state index is 0.0367. The predicted molar refractivity (Wildman–Crippen MR) is 69.5 cm³/mol. The molecule has 0 atom stereocenters. The van der Waals surface area contributed by atoms with Crippen LogP contribution >= 0.6 is 11.3 Å². The van der Waals surface area contributed by atoms with Crippen molar-refractivity contribution in [3.63, 3.8) is 0 Å². The highest BCUT2D eigenvalue weighted by atomic mass is 32.1. The molecule has 5 heteroatoms. The second-order valence-electron chi connectivity index (χ2n) is 4.39. The van der Waals surface area contributed by atoms with Crippen molar-refractivity contribution in [2.75, 3.05) is 25.1 Å². The maximum absolute atomic E-state index is 13.1. The molecule has 0 bridgehead atoms. The Morgan fingerprint density at radius 3 is 3.00 bits per heavy atom. The van der Waals surface area contributed by atoms with Crippen molar-refractivity contribution in [3.8, 4) is 0 Å². The van der Waals surface area contributed by atoms with Gasteiger partial charge in [0.25, 0.3) is 0 Å². The molecule has 0 saturated carbocycles. The summed E-state index contributed by atoms with van der Waals surface area (Å²) in [5.41, 5.74) is 1.08. The topological polar surface area (TPSA) is 29.5 Å². The third kappa shape index (κ3) is 1.75. The van der Waals surface area contributed by atoms with Gasteiger partial charge in [0.15, 0.2) is 0 Å². The summed E-state index contributed by atoms with van der Waals surface area (Å²) < 4.78 is 18.7. The number of anilines is 1. The third-order valence-corrected chi connectivity index (χ3v) is 4.21. The molecule has 0 radical (unpaired) electrons. The molecular formula is C13H12FNO2S. The molecular weight excluding hydrogens is 253 g/mol. The van der Waals surface area contributed by atoms with Gasteiger partial charge in [-0.3, -0.25) is 4.79 Å². The second kappa shape index (κ2) is 4.24. The number of esters is 1. The van der Waals surface area contributed by atoms with Crippen molar-refractivity contribution >= 4 is 33.1 Å². The number of thiophene rings is 1. The van der Waals surface area contributed by atoms with Crippen LogP contribution in [0.4, 0.5) is 10.1 Å². The molecule has 0 N–H and O–H groups in total. The minimum atomic E-state index is -0.216. The molecule has 18 heavy (non-hydrogen) atoms. The predicted octanol–water partition coefficient (Wildman–Crippen LogP) is 2.65. The molecule has 0 unspecified atom stereocenters. The summed E-state index contributed by atoms with van der Waals surface area (Å²) in [6, 6.07) is 4.80. The van der Waals surface area contributed by atoms with Crippen LogP contribution in [0.3, 0.4) is 0 Å². The van der Waals surface area contributed by atoms with Crippen LogP contribution < -0.4 is 4.90 Å². The first-order valence-corrected chi connectivity index (χ1v) is 6.56. The fourth-order valence-corrected chi connectivity index (χ4v) is 3.22. The number of hydrogen-bond acceptors (Lipinski definition) is 4. The first-order valence-electron chi connectivity index (χ1n) is 5.68. The van der Waals surface area contributed by atoms with E-state index < -0.39 is 0 Å². The molecule has 0 aliphatic carbocycles. The summed E-state index contributed by atoms with van der Waals surface area (Å²) in [4.78, 5) is 13.4. The van der Waals surface area contributed by atoms with Gasteiger partial charge < -0.3 is 9.64 Å². The van der Waals surface area contributed by atoms with E-state index in [2.05, 4.69) is 4.90 Å². The minimum Gasteiger partial charge on any atom is -0.469 e. The van der Waals surface area contributed by atoms with Crippen molar-refractivity contribution in [2.24, 2.45) is 5.92 Å². The Labute approximate surface area is 108 Å². The second-order valence-corrected chi connectivity index (χ2v) is 5.30. The van der Waals surface area contributed by atoms with Crippen LogP contribution in [0.1, 0.15) is 0 Å². The molecule has 1 saturated heterocycles. The van der Waals surface area contributed by atoms with Crippen LogP contribution in [0.25, 0.3) is 10.1 Å². The van der Waals surface area contributed by atoms with Gasteiger partial charge in [-0.05, 0) is 18.2 Å². The van der Waals surface area contributed by atoms with Crippen LogP contribution in [-0.4, -0.2) is 26.2 Å². The van der Waals surface area contributed by atoms with Gasteiger partial charge in [-0.25, -0.2) is 4.39 Å². The zero-order chi connectivity index (χ0) is 12.7. The highest BCUT2D eigenvalue weighted by molar-refractivity contribution is 7.17. The van der Waals surface area contributed by atoms with E-state index in [0.29, 0.717) is 13.1 Å². The summed E-state index contributed by atoms with van der Waals surface area (Å²) in [6.45, 7) is 1.35. The Morgan fingerprint density at radius 1 is 1.50 bits per heavy atom. The average Bonchev–Trinajstić information content (AvgIpc) is 2.70. The van der Waals surface area contributed by atoms with E-state index in [0.717, 1.165) is 15.8 Å². The summed E-state index contributed by atoms with van der Waals surface area (Å²) in [5.74, 6) is -0.408. The van der Waals surface area contributed by atoms with Gasteiger partial charge in [-0.2, -0.15) is 0 Å². The van der Waals surface area contributed by atoms with Gasteiger partial charge in [0, 0.05) is 28.6 Å². The van der Waals surface area contributed by atoms with Gasteiger partial charge in [0.1, 0.15) is 5.82 Å². The number of fused-ring (bicyclic) bond motifs is 1. The van der Waals surface area contributed by atoms with Crippen LogP contribution in [0.2, 0.25) is 0 Å². The van der Waals surface area contributed by atoms with Crippen molar-refractivity contribution in [2.45, 2.75) is 0 Å². The molecule has 1 fully saturated rings.